The molecule has 0 spiro atoms. The van der Waals surface area contributed by atoms with Crippen LogP contribution >= 0.6 is 23.2 Å². The van der Waals surface area contributed by atoms with Crippen LogP contribution in [0.15, 0.2) is 18.2 Å². The van der Waals surface area contributed by atoms with Crippen LogP contribution in [0.5, 0.6) is 0 Å². The van der Waals surface area contributed by atoms with Gasteiger partial charge in [0.1, 0.15) is 0 Å². The van der Waals surface area contributed by atoms with E-state index < -0.39 is 0 Å². The second-order valence-corrected chi connectivity index (χ2v) is 8.42. The first-order chi connectivity index (χ1) is 12.7. The van der Waals surface area contributed by atoms with Gasteiger partial charge in [-0.2, -0.15) is 0 Å². The molecule has 0 aliphatic carbocycles. The van der Waals surface area contributed by atoms with Gasteiger partial charge < -0.3 is 5.32 Å². The first-order valence-corrected chi connectivity index (χ1v) is 11.6. The maximum absolute atomic E-state index is 6.01. The zero-order chi connectivity index (χ0) is 18.9. The molecule has 1 aromatic rings. The quantitative estimate of drug-likeness (QED) is 0.258. The molecular formula is C23H39Cl2N. The van der Waals surface area contributed by atoms with Gasteiger partial charge in [0.15, 0.2) is 0 Å². The highest BCUT2D eigenvalue weighted by atomic mass is 35.5. The number of rotatable bonds is 17. The lowest BCUT2D eigenvalue weighted by Crippen LogP contribution is -2.14. The van der Waals surface area contributed by atoms with Crippen molar-refractivity contribution in [2.24, 2.45) is 0 Å². The van der Waals surface area contributed by atoms with Crippen LogP contribution in [0, 0.1) is 0 Å². The minimum absolute atomic E-state index is 0.714. The predicted octanol–water partition coefficient (Wildman–Crippen LogP) is 8.56. The topological polar surface area (TPSA) is 12.0 Å². The maximum atomic E-state index is 6.01. The zero-order valence-corrected chi connectivity index (χ0v) is 18.3. The minimum Gasteiger partial charge on any atom is -0.313 e. The Labute approximate surface area is 172 Å². The van der Waals surface area contributed by atoms with Gasteiger partial charge in [0, 0.05) is 16.6 Å². The Morgan fingerprint density at radius 1 is 0.615 bits per heavy atom. The molecule has 1 nitrogen and oxygen atoms in total. The average molecular weight is 400 g/mol. The van der Waals surface area contributed by atoms with E-state index in [1.807, 2.05) is 12.1 Å². The highest BCUT2D eigenvalue weighted by molar-refractivity contribution is 6.34. The van der Waals surface area contributed by atoms with Crippen LogP contribution in [0.2, 0.25) is 10.0 Å². The van der Waals surface area contributed by atoms with E-state index in [0.717, 1.165) is 18.7 Å². The van der Waals surface area contributed by atoms with E-state index in [1.165, 1.54) is 89.9 Å². The number of benzene rings is 1. The molecule has 3 heteroatoms. The van der Waals surface area contributed by atoms with Crippen LogP contribution in [-0.2, 0) is 6.54 Å². The Kier molecular flexibility index (Phi) is 15.5. The summed E-state index contributed by atoms with van der Waals surface area (Å²) in [7, 11) is 0. The molecule has 1 aromatic carbocycles. The van der Waals surface area contributed by atoms with Crippen molar-refractivity contribution < 1.29 is 0 Å². The molecule has 0 amide bonds. The molecule has 26 heavy (non-hydrogen) atoms. The Bertz CT molecular complexity index is 428. The number of nitrogens with one attached hydrogen (secondary N) is 1. The standard InChI is InChI=1S/C23H39Cl2N/c1-2-3-4-5-6-7-8-9-10-11-12-13-14-15-16-26-20-21-17-22(24)19-23(25)18-21/h17-19,26H,2-16,20H2,1H3. The molecule has 0 aliphatic rings. The fourth-order valence-electron chi connectivity index (χ4n) is 3.39. The molecular weight excluding hydrogens is 361 g/mol. The summed E-state index contributed by atoms with van der Waals surface area (Å²) >= 11 is 12.0. The summed E-state index contributed by atoms with van der Waals surface area (Å²) in [6.45, 7) is 4.20. The van der Waals surface area contributed by atoms with Gasteiger partial charge >= 0.3 is 0 Å². The molecule has 1 N–H and O–H groups in total. The van der Waals surface area contributed by atoms with Gasteiger partial charge in [0.25, 0.3) is 0 Å². The second-order valence-electron chi connectivity index (χ2n) is 7.55. The van der Waals surface area contributed by atoms with Crippen LogP contribution in [0.3, 0.4) is 0 Å². The van der Waals surface area contributed by atoms with E-state index in [4.69, 9.17) is 23.2 Å². The second kappa shape index (κ2) is 16.9. The first-order valence-electron chi connectivity index (χ1n) is 10.9. The number of hydrogen-bond donors (Lipinski definition) is 1. The summed E-state index contributed by atoms with van der Waals surface area (Å²) in [5.41, 5.74) is 1.16. The third kappa shape index (κ3) is 13.9. The lowest BCUT2D eigenvalue weighted by atomic mass is 10.0. The molecule has 0 fully saturated rings. The Balaban J connectivity index is 1.79. The van der Waals surface area contributed by atoms with Gasteiger partial charge in [-0.05, 0) is 36.7 Å². The monoisotopic (exact) mass is 399 g/mol. The van der Waals surface area contributed by atoms with Gasteiger partial charge in [-0.25, -0.2) is 0 Å². The fraction of sp³-hybridized carbons (Fsp3) is 0.739. The van der Waals surface area contributed by atoms with Crippen LogP contribution in [0.4, 0.5) is 0 Å². The summed E-state index contributed by atoms with van der Waals surface area (Å²) in [5, 5.41) is 4.91. The molecule has 0 unspecified atom stereocenters. The summed E-state index contributed by atoms with van der Waals surface area (Å²) in [4.78, 5) is 0. The van der Waals surface area contributed by atoms with Crippen LogP contribution in [0.1, 0.15) is 102 Å². The molecule has 0 radical (unpaired) electrons. The Morgan fingerprint density at radius 3 is 1.50 bits per heavy atom. The molecule has 0 saturated heterocycles. The Morgan fingerprint density at radius 2 is 1.04 bits per heavy atom. The predicted molar refractivity (Wildman–Crippen MR) is 118 cm³/mol. The van der Waals surface area contributed by atoms with Gasteiger partial charge in [0.2, 0.25) is 0 Å². The third-order valence-corrected chi connectivity index (χ3v) is 5.40. The number of unbranched alkanes of at least 4 members (excludes halogenated alkanes) is 13. The molecule has 0 aliphatic heterocycles. The molecule has 0 saturated carbocycles. The van der Waals surface area contributed by atoms with Gasteiger partial charge in [-0.3, -0.25) is 0 Å². The van der Waals surface area contributed by atoms with E-state index >= 15 is 0 Å². The highest BCUT2D eigenvalue weighted by Gasteiger charge is 1.98. The van der Waals surface area contributed by atoms with E-state index in [0.29, 0.717) is 10.0 Å². The van der Waals surface area contributed by atoms with Crippen molar-refractivity contribution in [3.8, 4) is 0 Å². The average Bonchev–Trinajstić information content (AvgIpc) is 2.60. The third-order valence-electron chi connectivity index (χ3n) is 4.96. The highest BCUT2D eigenvalue weighted by Crippen LogP contribution is 2.19. The summed E-state index contributed by atoms with van der Waals surface area (Å²) < 4.78 is 0. The van der Waals surface area contributed by atoms with Crippen molar-refractivity contribution in [3.05, 3.63) is 33.8 Å². The van der Waals surface area contributed by atoms with Crippen molar-refractivity contribution >= 4 is 23.2 Å². The van der Waals surface area contributed by atoms with Crippen LogP contribution in [0.25, 0.3) is 0 Å². The molecule has 150 valence electrons. The number of hydrogen-bond acceptors (Lipinski definition) is 1. The lowest BCUT2D eigenvalue weighted by molar-refractivity contribution is 0.529. The number of halogens is 2. The first kappa shape index (κ1) is 23.8. The SMILES string of the molecule is CCCCCCCCCCCCCCCCNCc1cc(Cl)cc(Cl)c1. The van der Waals surface area contributed by atoms with Crippen LogP contribution in [-0.4, -0.2) is 6.54 Å². The van der Waals surface area contributed by atoms with E-state index in [-0.39, 0.29) is 0 Å². The van der Waals surface area contributed by atoms with Crippen molar-refractivity contribution in [2.75, 3.05) is 6.54 Å². The van der Waals surface area contributed by atoms with Crippen molar-refractivity contribution in [1.29, 1.82) is 0 Å². The maximum Gasteiger partial charge on any atom is 0.0424 e. The van der Waals surface area contributed by atoms with Crippen molar-refractivity contribution in [2.45, 2.75) is 103 Å². The molecule has 0 aromatic heterocycles. The van der Waals surface area contributed by atoms with Gasteiger partial charge in [0.05, 0.1) is 0 Å². The van der Waals surface area contributed by atoms with Crippen LogP contribution < -0.4 is 5.32 Å². The van der Waals surface area contributed by atoms with Crippen molar-refractivity contribution in [1.82, 2.24) is 5.32 Å². The molecule has 1 rings (SSSR count). The summed E-state index contributed by atoms with van der Waals surface area (Å²) in [6, 6.07) is 5.73. The molecule has 0 atom stereocenters. The molecule has 0 heterocycles. The summed E-state index contributed by atoms with van der Waals surface area (Å²) in [5.74, 6) is 0. The van der Waals surface area contributed by atoms with E-state index in [2.05, 4.69) is 12.2 Å². The summed E-state index contributed by atoms with van der Waals surface area (Å²) in [6.07, 6.45) is 19.7. The molecule has 0 bridgehead atoms. The normalized spacial score (nSPS) is 11.2. The van der Waals surface area contributed by atoms with Gasteiger partial charge in [-0.1, -0.05) is 114 Å². The minimum atomic E-state index is 0.714. The zero-order valence-electron chi connectivity index (χ0n) is 16.8. The van der Waals surface area contributed by atoms with E-state index in [9.17, 15) is 0 Å². The largest absolute Gasteiger partial charge is 0.313 e. The van der Waals surface area contributed by atoms with Crippen molar-refractivity contribution in [3.63, 3.8) is 0 Å². The van der Waals surface area contributed by atoms with Gasteiger partial charge in [-0.15, -0.1) is 0 Å². The lowest BCUT2D eigenvalue weighted by Gasteiger charge is -2.06. The van der Waals surface area contributed by atoms with E-state index in [1.54, 1.807) is 6.07 Å². The fourth-order valence-corrected chi connectivity index (χ4v) is 3.96. The smallest absolute Gasteiger partial charge is 0.0424 e. The Hall–Kier alpha value is -0.240.